The second-order valence-corrected chi connectivity index (χ2v) is 12.8. The van der Waals surface area contributed by atoms with Crippen LogP contribution in [-0.4, -0.2) is 49.3 Å². The highest BCUT2D eigenvalue weighted by atomic mass is 35.5. The first-order valence-electron chi connectivity index (χ1n) is 11.9. The molecule has 0 saturated carbocycles. The van der Waals surface area contributed by atoms with Crippen molar-refractivity contribution >= 4 is 33.0 Å². The second kappa shape index (κ2) is 9.46. The van der Waals surface area contributed by atoms with Crippen LogP contribution < -0.4 is 16.0 Å². The number of carbonyl (C=O) groups is 1. The third kappa shape index (κ3) is 5.13. The fourth-order valence-electron chi connectivity index (χ4n) is 4.91. The zero-order valence-corrected chi connectivity index (χ0v) is 21.9. The van der Waals surface area contributed by atoms with Gasteiger partial charge in [0.05, 0.1) is 40.4 Å². The van der Waals surface area contributed by atoms with Crippen molar-refractivity contribution in [2.75, 3.05) is 23.7 Å². The number of fused-ring (bicyclic) bond motifs is 1. The number of sulfone groups is 1. The average molecular weight is 548 g/mol. The lowest BCUT2D eigenvalue weighted by Crippen LogP contribution is -2.45. The quantitative estimate of drug-likeness (QED) is 0.508. The first kappa shape index (κ1) is 25.8. The van der Waals surface area contributed by atoms with Crippen molar-refractivity contribution in [2.24, 2.45) is 11.1 Å². The smallest absolute Gasteiger partial charge is 0.245 e. The fourth-order valence-corrected chi connectivity index (χ4v) is 6.60. The van der Waals surface area contributed by atoms with Gasteiger partial charge >= 0.3 is 0 Å². The molecule has 12 heteroatoms. The highest BCUT2D eigenvalue weighted by Gasteiger charge is 2.38. The molecule has 0 aliphatic carbocycles. The van der Waals surface area contributed by atoms with E-state index in [0.717, 1.165) is 19.0 Å². The Balaban J connectivity index is 1.58. The first-order valence-corrected chi connectivity index (χ1v) is 13.9. The number of nitrogens with two attached hydrogens (primary N) is 1. The van der Waals surface area contributed by atoms with Crippen molar-refractivity contribution in [1.82, 2.24) is 15.5 Å². The van der Waals surface area contributed by atoms with Crippen LogP contribution in [0.25, 0.3) is 11.4 Å². The van der Waals surface area contributed by atoms with E-state index in [0.29, 0.717) is 23.0 Å². The number of aromatic nitrogens is 2. The lowest BCUT2D eigenvalue weighted by Gasteiger charge is -2.34. The Morgan fingerprint density at radius 3 is 2.70 bits per heavy atom. The molecule has 2 aromatic carbocycles. The van der Waals surface area contributed by atoms with E-state index < -0.39 is 33.4 Å². The van der Waals surface area contributed by atoms with Crippen LogP contribution in [-0.2, 0) is 21.2 Å². The fraction of sp³-hybridized carbons (Fsp3) is 0.400. The number of piperidine rings is 1. The van der Waals surface area contributed by atoms with Crippen LogP contribution >= 0.6 is 11.6 Å². The molecule has 1 aromatic heterocycles. The third-order valence-corrected chi connectivity index (χ3v) is 8.78. The normalized spacial score (nSPS) is 22.9. The summed E-state index contributed by atoms with van der Waals surface area (Å²) >= 11 is 5.98. The van der Waals surface area contributed by atoms with Crippen LogP contribution in [0, 0.1) is 11.2 Å². The summed E-state index contributed by atoms with van der Waals surface area (Å²) in [4.78, 5) is 18.6. The standard InChI is InChI=1S/C25H27ClFN5O4S/c1-25(2)9-15(10-29-13-25)23-30-22(31-36-23)17-7-20-21(8-18(17)27)37(34,35)12-19(28)24(33)32(20)11-14-3-5-16(26)6-4-14/h3-8,15,19,29H,9-13,28H2,1-2H3/t15?,19-/m0/s1. The van der Waals surface area contributed by atoms with E-state index >= 15 is 4.39 Å². The molecule has 5 rings (SSSR count). The molecule has 9 nitrogen and oxygen atoms in total. The van der Waals surface area contributed by atoms with E-state index in [1.165, 1.54) is 11.0 Å². The van der Waals surface area contributed by atoms with Crippen LogP contribution in [0.3, 0.4) is 0 Å². The molecule has 2 aliphatic heterocycles. The molecule has 0 bridgehead atoms. The van der Waals surface area contributed by atoms with Gasteiger partial charge in [0.1, 0.15) is 5.82 Å². The number of rotatable bonds is 4. The van der Waals surface area contributed by atoms with Gasteiger partial charge in [-0.25, -0.2) is 12.8 Å². The van der Waals surface area contributed by atoms with Crippen molar-refractivity contribution < 1.29 is 22.1 Å². The summed E-state index contributed by atoms with van der Waals surface area (Å²) in [5.74, 6) is -1.77. The van der Waals surface area contributed by atoms with Gasteiger partial charge in [-0.2, -0.15) is 4.98 Å². The summed E-state index contributed by atoms with van der Waals surface area (Å²) in [6, 6.07) is 7.64. The first-order chi connectivity index (χ1) is 17.4. The maximum absolute atomic E-state index is 15.4. The van der Waals surface area contributed by atoms with Gasteiger partial charge < -0.3 is 20.5 Å². The number of nitrogens with zero attached hydrogens (tertiary/aromatic N) is 3. The Hall–Kier alpha value is -2.86. The average Bonchev–Trinajstić information content (AvgIpc) is 3.30. The van der Waals surface area contributed by atoms with Crippen molar-refractivity contribution in [2.45, 2.75) is 43.7 Å². The Morgan fingerprint density at radius 1 is 1.27 bits per heavy atom. The van der Waals surface area contributed by atoms with E-state index in [9.17, 15) is 13.2 Å². The van der Waals surface area contributed by atoms with Crippen LogP contribution in [0.5, 0.6) is 0 Å². The lowest BCUT2D eigenvalue weighted by atomic mass is 9.79. The van der Waals surface area contributed by atoms with Gasteiger partial charge in [-0.3, -0.25) is 4.79 Å². The number of benzene rings is 2. The number of hydrogen-bond acceptors (Lipinski definition) is 8. The molecule has 1 amide bonds. The lowest BCUT2D eigenvalue weighted by molar-refractivity contribution is -0.119. The molecule has 1 unspecified atom stereocenters. The van der Waals surface area contributed by atoms with Gasteiger partial charge in [0.2, 0.25) is 17.6 Å². The van der Waals surface area contributed by atoms with E-state index in [4.69, 9.17) is 21.9 Å². The predicted octanol–water partition coefficient (Wildman–Crippen LogP) is 3.28. The Kier molecular flexibility index (Phi) is 6.59. The molecular formula is C25H27ClFN5O4S. The van der Waals surface area contributed by atoms with Crippen molar-refractivity contribution in [3.8, 4) is 11.4 Å². The monoisotopic (exact) mass is 547 g/mol. The van der Waals surface area contributed by atoms with Crippen molar-refractivity contribution in [3.63, 3.8) is 0 Å². The van der Waals surface area contributed by atoms with Crippen LogP contribution in [0.15, 0.2) is 45.8 Å². The summed E-state index contributed by atoms with van der Waals surface area (Å²) in [5, 5.41) is 7.85. The summed E-state index contributed by atoms with van der Waals surface area (Å²) < 4.78 is 47.0. The number of amides is 1. The minimum atomic E-state index is -4.06. The van der Waals surface area contributed by atoms with E-state index in [2.05, 4.69) is 29.3 Å². The van der Waals surface area contributed by atoms with Gasteiger partial charge in [0.15, 0.2) is 9.84 Å². The van der Waals surface area contributed by atoms with Gasteiger partial charge in [-0.05, 0) is 41.7 Å². The van der Waals surface area contributed by atoms with Crippen molar-refractivity contribution in [1.29, 1.82) is 0 Å². The highest BCUT2D eigenvalue weighted by molar-refractivity contribution is 7.91. The zero-order valence-electron chi connectivity index (χ0n) is 20.4. The Bertz CT molecular complexity index is 1460. The summed E-state index contributed by atoms with van der Waals surface area (Å²) in [5.41, 5.74) is 6.62. The summed E-state index contributed by atoms with van der Waals surface area (Å²) in [7, 11) is -4.06. The van der Waals surface area contributed by atoms with Gasteiger partial charge in [-0.1, -0.05) is 42.7 Å². The highest BCUT2D eigenvalue weighted by Crippen LogP contribution is 2.38. The molecule has 3 N–H and O–H groups in total. The van der Waals surface area contributed by atoms with E-state index in [1.54, 1.807) is 24.3 Å². The maximum Gasteiger partial charge on any atom is 0.245 e. The molecule has 196 valence electrons. The largest absolute Gasteiger partial charge is 0.339 e. The zero-order chi connectivity index (χ0) is 26.5. The minimum Gasteiger partial charge on any atom is -0.339 e. The number of carbonyl (C=O) groups excluding carboxylic acids is 1. The number of nitrogens with one attached hydrogen (secondary N) is 1. The minimum absolute atomic E-state index is 0.0103. The van der Waals surface area contributed by atoms with E-state index in [1.807, 2.05) is 0 Å². The molecule has 3 aromatic rings. The molecule has 2 atom stereocenters. The number of anilines is 1. The molecule has 0 radical (unpaired) electrons. The van der Waals surface area contributed by atoms with E-state index in [-0.39, 0.29) is 39.8 Å². The molecule has 1 saturated heterocycles. The second-order valence-electron chi connectivity index (χ2n) is 10.4. The molecule has 37 heavy (non-hydrogen) atoms. The summed E-state index contributed by atoms with van der Waals surface area (Å²) in [6.07, 6.45) is 0.813. The van der Waals surface area contributed by atoms with Gasteiger partial charge in [0, 0.05) is 18.1 Å². The Labute approximate surface area is 219 Å². The van der Waals surface area contributed by atoms with Crippen LogP contribution in [0.2, 0.25) is 5.02 Å². The molecular weight excluding hydrogens is 521 g/mol. The predicted molar refractivity (Wildman–Crippen MR) is 136 cm³/mol. The third-order valence-electron chi connectivity index (χ3n) is 6.74. The van der Waals surface area contributed by atoms with Gasteiger partial charge in [-0.15, -0.1) is 0 Å². The molecule has 2 aliphatic rings. The van der Waals surface area contributed by atoms with Crippen LogP contribution in [0.1, 0.15) is 37.6 Å². The molecule has 0 spiro atoms. The molecule has 1 fully saturated rings. The van der Waals surface area contributed by atoms with Crippen LogP contribution in [0.4, 0.5) is 10.1 Å². The number of hydrogen-bond donors (Lipinski definition) is 2. The SMILES string of the molecule is CC1(C)CNCC(c2nc(-c3cc4c(cc3F)S(=O)(=O)C[C@H](N)C(=O)N4Cc3ccc(Cl)cc3)no2)C1. The number of halogens is 2. The summed E-state index contributed by atoms with van der Waals surface area (Å²) in [6.45, 7) is 5.78. The van der Waals surface area contributed by atoms with Crippen molar-refractivity contribution in [3.05, 3.63) is 58.7 Å². The Morgan fingerprint density at radius 2 is 2.00 bits per heavy atom. The van der Waals surface area contributed by atoms with Gasteiger partial charge in [0.25, 0.3) is 0 Å². The topological polar surface area (TPSA) is 131 Å². The molecule has 3 heterocycles. The maximum atomic E-state index is 15.4.